The summed E-state index contributed by atoms with van der Waals surface area (Å²) in [6.07, 6.45) is -4.87. The van der Waals surface area contributed by atoms with Crippen LogP contribution in [0.15, 0.2) is 29.7 Å². The Morgan fingerprint density at radius 3 is 2.76 bits per heavy atom. The summed E-state index contributed by atoms with van der Waals surface area (Å²) in [7, 11) is -3.22. The van der Waals surface area contributed by atoms with E-state index in [2.05, 4.69) is 35.6 Å². The number of nitriles is 1. The van der Waals surface area contributed by atoms with Gasteiger partial charge in [-0.25, -0.2) is 23.7 Å². The molecule has 0 radical (unpaired) electrons. The van der Waals surface area contributed by atoms with Crippen LogP contribution in [0, 0.1) is 23.2 Å². The molecule has 51 heavy (non-hydrogen) atoms. The number of ether oxygens (including phenoxy) is 1. The fourth-order valence-corrected chi connectivity index (χ4v) is 8.23. The molecule has 5 rings (SSSR count). The molecule has 0 spiro atoms. The SMILES string of the molecule is CC[C@H]1O[C@@H](n2cnc3c(=O)[nH]c(NC(=O)C(C)C)nc32)[C@H](OP(=S)(OCCC#N)OC[C@H]2C[C@@H](Nc3ccncn3)[C@H](F)[C@@H]2O[P+](=O)O)[C@@H]1F. The molecule has 1 saturated carbocycles. The predicted molar refractivity (Wildman–Crippen MR) is 179 cm³/mol. The number of nitrogens with one attached hydrogen (secondary N) is 3. The van der Waals surface area contributed by atoms with Crippen molar-refractivity contribution in [2.45, 2.75) is 83.0 Å². The molecule has 4 heterocycles. The van der Waals surface area contributed by atoms with Crippen LogP contribution in [0.2, 0.25) is 0 Å². The Morgan fingerprint density at radius 2 is 2.10 bits per heavy atom. The lowest BCUT2D eigenvalue weighted by atomic mass is 10.1. The van der Waals surface area contributed by atoms with Crippen molar-refractivity contribution in [3.05, 3.63) is 35.3 Å². The molecule has 2 unspecified atom stereocenters. The Bertz CT molecular complexity index is 1850. The third-order valence-electron chi connectivity index (χ3n) is 8.15. The quantitative estimate of drug-likeness (QED) is 0.120. The van der Waals surface area contributed by atoms with Gasteiger partial charge in [-0.2, -0.15) is 10.2 Å². The van der Waals surface area contributed by atoms with Gasteiger partial charge in [-0.1, -0.05) is 20.8 Å². The summed E-state index contributed by atoms with van der Waals surface area (Å²) in [6, 6.07) is 2.51. The van der Waals surface area contributed by atoms with Crippen LogP contribution < -0.4 is 16.2 Å². The van der Waals surface area contributed by atoms with Crippen molar-refractivity contribution in [3.63, 3.8) is 0 Å². The van der Waals surface area contributed by atoms with E-state index in [1.54, 1.807) is 20.8 Å². The second-order valence-corrected chi connectivity index (χ2v) is 15.6. The van der Waals surface area contributed by atoms with Crippen molar-refractivity contribution in [2.24, 2.45) is 11.8 Å². The number of aromatic amines is 1. The molecule has 2 aliphatic rings. The number of amides is 1. The zero-order valence-corrected chi connectivity index (χ0v) is 30.1. The third-order valence-corrected chi connectivity index (χ3v) is 10.9. The van der Waals surface area contributed by atoms with E-state index in [1.807, 2.05) is 6.07 Å². The Kier molecular flexibility index (Phi) is 12.9. The summed E-state index contributed by atoms with van der Waals surface area (Å²) >= 11 is 5.69. The molecule has 23 heteroatoms. The van der Waals surface area contributed by atoms with Gasteiger partial charge >= 0.3 is 15.0 Å². The highest BCUT2D eigenvalue weighted by Gasteiger charge is 2.52. The van der Waals surface area contributed by atoms with Gasteiger partial charge < -0.3 is 19.1 Å². The summed E-state index contributed by atoms with van der Waals surface area (Å²) in [5, 5.41) is 14.6. The van der Waals surface area contributed by atoms with Crippen molar-refractivity contribution in [1.82, 2.24) is 29.5 Å². The second kappa shape index (κ2) is 16.9. The van der Waals surface area contributed by atoms with Crippen LogP contribution in [0.25, 0.3) is 11.2 Å². The van der Waals surface area contributed by atoms with Crippen LogP contribution in [0.5, 0.6) is 0 Å². The summed E-state index contributed by atoms with van der Waals surface area (Å²) in [5.41, 5.74) is -0.862. The smallest absolute Gasteiger partial charge is 0.364 e. The Hall–Kier alpha value is -3.44. The van der Waals surface area contributed by atoms with Crippen LogP contribution in [0.4, 0.5) is 20.5 Å². The maximum Gasteiger partial charge on any atom is 0.695 e. The number of carbonyl (C=O) groups excluding carboxylic acids is 1. The highest BCUT2D eigenvalue weighted by atomic mass is 32.5. The van der Waals surface area contributed by atoms with Crippen molar-refractivity contribution in [2.75, 3.05) is 23.8 Å². The van der Waals surface area contributed by atoms with E-state index in [-0.39, 0.29) is 43.0 Å². The maximum absolute atomic E-state index is 16.1. The van der Waals surface area contributed by atoms with Crippen LogP contribution in [0.1, 0.15) is 46.3 Å². The molecule has 3 aromatic heterocycles. The Morgan fingerprint density at radius 1 is 1.31 bits per heavy atom. The number of rotatable bonds is 16. The molecule has 0 aromatic carbocycles. The van der Waals surface area contributed by atoms with Gasteiger partial charge in [-0.05, 0) is 30.7 Å². The molecule has 1 amide bonds. The fraction of sp³-hybridized carbons (Fsp3) is 0.607. The molecule has 1 aliphatic heterocycles. The number of hydrogen-bond acceptors (Lipinski definition) is 15. The number of imidazole rings is 1. The molecule has 18 nitrogen and oxygen atoms in total. The number of alkyl halides is 2. The van der Waals surface area contributed by atoms with Gasteiger partial charge in [-0.3, -0.25) is 29.0 Å². The molecular formula is C28H36F2N9O9P2S+. The lowest BCUT2D eigenvalue weighted by molar-refractivity contribution is -0.118. The molecule has 10 atom stereocenters. The number of nitrogens with zero attached hydrogens (tertiary/aromatic N) is 6. The van der Waals surface area contributed by atoms with Gasteiger partial charge in [0, 0.05) is 22.6 Å². The Balaban J connectivity index is 1.42. The number of carbonyl (C=O) groups is 1. The minimum Gasteiger partial charge on any atom is -0.364 e. The van der Waals surface area contributed by atoms with Gasteiger partial charge in [-0.15, -0.1) is 9.42 Å². The first-order chi connectivity index (χ1) is 24.3. The first-order valence-electron chi connectivity index (χ1n) is 15.8. The van der Waals surface area contributed by atoms with Crippen molar-refractivity contribution in [3.8, 4) is 6.07 Å². The number of aromatic nitrogens is 6. The van der Waals surface area contributed by atoms with Gasteiger partial charge in [0.1, 0.15) is 18.2 Å². The van der Waals surface area contributed by atoms with E-state index in [1.165, 1.54) is 29.5 Å². The van der Waals surface area contributed by atoms with Crippen molar-refractivity contribution in [1.29, 1.82) is 5.26 Å². The zero-order valence-electron chi connectivity index (χ0n) is 27.5. The van der Waals surface area contributed by atoms with E-state index in [9.17, 15) is 19.0 Å². The fourth-order valence-electron chi connectivity index (χ4n) is 5.62. The minimum absolute atomic E-state index is 0.0300. The minimum atomic E-state index is -4.01. The van der Waals surface area contributed by atoms with E-state index in [4.69, 9.17) is 39.9 Å². The average Bonchev–Trinajstić information content (AvgIpc) is 3.74. The number of anilines is 2. The van der Waals surface area contributed by atoms with Crippen LogP contribution in [-0.4, -0.2) is 90.2 Å². The van der Waals surface area contributed by atoms with Crippen LogP contribution >= 0.6 is 15.0 Å². The highest BCUT2D eigenvalue weighted by Crippen LogP contribution is 2.56. The first-order valence-corrected chi connectivity index (χ1v) is 19.5. The lowest BCUT2D eigenvalue weighted by Gasteiger charge is -2.29. The van der Waals surface area contributed by atoms with E-state index in [0.717, 1.165) is 0 Å². The molecule has 4 N–H and O–H groups in total. The molecule has 1 aliphatic carbocycles. The second-order valence-electron chi connectivity index (χ2n) is 11.9. The van der Waals surface area contributed by atoms with Gasteiger partial charge in [0.05, 0.1) is 44.2 Å². The van der Waals surface area contributed by atoms with Crippen molar-refractivity contribution >= 4 is 55.6 Å². The topological polar surface area (TPSA) is 238 Å². The first kappa shape index (κ1) is 38.8. The summed E-state index contributed by atoms with van der Waals surface area (Å²) in [6.45, 7) is 0.314. The lowest BCUT2D eigenvalue weighted by Crippen LogP contribution is -2.33. The number of halogens is 2. The monoisotopic (exact) mass is 774 g/mol. The molecule has 0 bridgehead atoms. The normalized spacial score (nSPS) is 27.7. The largest absolute Gasteiger partial charge is 0.695 e. The highest BCUT2D eigenvalue weighted by molar-refractivity contribution is 8.07. The Labute approximate surface area is 295 Å². The van der Waals surface area contributed by atoms with Gasteiger partial charge in [0.15, 0.2) is 35.8 Å². The summed E-state index contributed by atoms with van der Waals surface area (Å²) < 4.78 is 73.6. The van der Waals surface area contributed by atoms with E-state index >= 15 is 8.78 Å². The molecule has 276 valence electrons. The van der Waals surface area contributed by atoms with Gasteiger partial charge in [0.25, 0.3) is 5.56 Å². The zero-order chi connectivity index (χ0) is 36.9. The number of hydrogen-bond donors (Lipinski definition) is 4. The van der Waals surface area contributed by atoms with Crippen LogP contribution in [-0.2, 0) is 44.0 Å². The molecule has 3 aromatic rings. The number of H-pyrrole nitrogens is 1. The molecule has 2 fully saturated rings. The average molecular weight is 775 g/mol. The number of fused-ring (bicyclic) bond motifs is 1. The van der Waals surface area contributed by atoms with Crippen molar-refractivity contribution < 1.29 is 45.9 Å². The van der Waals surface area contributed by atoms with E-state index < -0.39 is 87.8 Å². The van der Waals surface area contributed by atoms with E-state index in [0.29, 0.717) is 5.82 Å². The summed E-state index contributed by atoms with van der Waals surface area (Å²) in [4.78, 5) is 53.4. The van der Waals surface area contributed by atoms with Crippen LogP contribution in [0.3, 0.4) is 0 Å². The maximum atomic E-state index is 16.1. The summed E-state index contributed by atoms with van der Waals surface area (Å²) in [5.74, 6) is -1.57. The molecule has 1 saturated heterocycles. The predicted octanol–water partition coefficient (Wildman–Crippen LogP) is 3.58. The van der Waals surface area contributed by atoms with Gasteiger partial charge in [0.2, 0.25) is 11.9 Å². The molecular weight excluding hydrogens is 738 g/mol. The standard InChI is InChI=1S/C28H35F2N9O9P2S/c1-4-17-20(30)23(27(46-17)39-13-34-21-24(39)36-28(38-26(21)41)37-25(40)14(2)3)48-50(51,44-9-5-7-31)45-11-15-10-16(19(29)22(15)47-49(42)43)35-18-6-8-32-12-33-18/h6,8,12-17,19-20,22-23,27H,4-5,9-11H2,1-3H3,(H3-,32,33,35,36,37,38,40,41,42,43)/p+1/t15-,16-,17-,19+,20-,22-,23-,27-,50?/m1/s1. The third kappa shape index (κ3) is 9.14.